The van der Waals surface area contributed by atoms with Gasteiger partial charge in [0.15, 0.2) is 0 Å². The van der Waals surface area contributed by atoms with Crippen LogP contribution in [0.3, 0.4) is 0 Å². The highest BCUT2D eigenvalue weighted by molar-refractivity contribution is 7.91. The molecule has 4 amide bonds. The number of pyridine rings is 1. The lowest BCUT2D eigenvalue weighted by Gasteiger charge is -2.33. The van der Waals surface area contributed by atoms with Crippen molar-refractivity contribution < 1.29 is 41.8 Å². The molecule has 1 aromatic heterocycles. The maximum Gasteiger partial charge on any atom is 0.408 e. The molecule has 15 nitrogen and oxygen atoms in total. The Morgan fingerprint density at radius 3 is 2.45 bits per heavy atom. The number of allylic oxidation sites excluding steroid dienone is 1. The molecule has 5 aliphatic rings. The summed E-state index contributed by atoms with van der Waals surface area (Å²) >= 11 is 0. The summed E-state index contributed by atoms with van der Waals surface area (Å²) in [6.07, 6.45) is 7.36. The molecule has 3 N–H and O–H groups in total. The van der Waals surface area contributed by atoms with Crippen molar-refractivity contribution in [3.05, 3.63) is 42.6 Å². The summed E-state index contributed by atoms with van der Waals surface area (Å²) in [5.41, 5.74) is -1.40. The minimum atomic E-state index is -4.00. The minimum Gasteiger partial charge on any atom is -0.472 e. The first-order valence-electron chi connectivity index (χ1n) is 20.6. The van der Waals surface area contributed by atoms with Crippen LogP contribution in [0, 0.1) is 17.8 Å². The van der Waals surface area contributed by atoms with Crippen molar-refractivity contribution in [1.29, 1.82) is 0 Å². The minimum absolute atomic E-state index is 0.0117. The van der Waals surface area contributed by atoms with Crippen molar-refractivity contribution in [3.8, 4) is 5.88 Å². The number of nitrogens with zero attached hydrogens (tertiary/aromatic N) is 3. The Bertz CT molecular complexity index is 2060. The topological polar surface area (TPSA) is 186 Å². The second-order valence-electron chi connectivity index (χ2n) is 18.2. The molecular weight excluding hydrogens is 765 g/mol. The van der Waals surface area contributed by atoms with Crippen LogP contribution >= 0.6 is 0 Å². The monoisotopic (exact) mass is 822 g/mol. The van der Waals surface area contributed by atoms with Gasteiger partial charge in [0.25, 0.3) is 5.91 Å². The van der Waals surface area contributed by atoms with Gasteiger partial charge in [-0.05, 0) is 84.1 Å². The molecule has 3 aliphatic heterocycles. The first kappa shape index (κ1) is 41.7. The average Bonchev–Trinajstić information content (AvgIpc) is 4.05. The van der Waals surface area contributed by atoms with Gasteiger partial charge in [-0.15, -0.1) is 0 Å². The summed E-state index contributed by atoms with van der Waals surface area (Å²) in [6.45, 7) is 13.5. The van der Waals surface area contributed by atoms with Gasteiger partial charge in [-0.25, -0.2) is 18.2 Å². The zero-order chi connectivity index (χ0) is 41.6. The van der Waals surface area contributed by atoms with Gasteiger partial charge in [0.05, 0.1) is 36.4 Å². The lowest BCUT2D eigenvalue weighted by Crippen LogP contribution is -2.59. The number of amides is 4. The molecule has 7 rings (SSSR count). The number of carbonyl (C=O) groups excluding carboxylic acids is 4. The molecule has 0 bridgehead atoms. The third-order valence-corrected chi connectivity index (χ3v) is 14.4. The molecular formula is C42H58N6O9S. The standard InChI is InChI=1S/C42H58N6O9S/c1-26-11-7-8-12-28-23-42(28,38(51)46-58(53,54)41(6)15-16-41)45-35(49)32-22-29(25-48(32)37(50)34(27(2)21-26)44-39(52)57-40(3,4)5)56-36-31-14-10-9-13-30(31)33(24-43-36)47-17-19-55-20-18-47/h8-10,12-14,24,26-29,32,34H,7,11,15-23,25H2,1-6H3,(H,44,52)(H,45,49)(H,46,51)/b12-8-/t26-,27-,28-,29-,32+,34+,42-/m1/s1. The molecule has 316 valence electrons. The molecule has 16 heteroatoms. The maximum absolute atomic E-state index is 14.9. The summed E-state index contributed by atoms with van der Waals surface area (Å²) < 4.78 is 45.5. The predicted molar refractivity (Wildman–Crippen MR) is 217 cm³/mol. The number of fused-ring (bicyclic) bond motifs is 3. The molecule has 0 spiro atoms. The van der Waals surface area contributed by atoms with Crippen LogP contribution in [0.4, 0.5) is 10.5 Å². The SMILES string of the molecule is C[C@@H]1CC/C=C\[C@@H]2C[C@@]2(C(=O)NS(=O)(=O)C2(C)CC2)NC(=O)[C@@H]2C[C@@H](Oc3ncc(N4CCOCC4)c4ccccc34)CN2C(=O)[C@@H](NC(=O)OC(C)(C)C)[C@H](C)C1. The number of morpholine rings is 1. The van der Waals surface area contributed by atoms with Crippen molar-refractivity contribution in [1.82, 2.24) is 25.2 Å². The third-order valence-electron chi connectivity index (χ3n) is 12.3. The van der Waals surface area contributed by atoms with E-state index in [0.717, 1.165) is 36.0 Å². The second kappa shape index (κ2) is 16.0. The van der Waals surface area contributed by atoms with Gasteiger partial charge in [-0.2, -0.15) is 0 Å². The van der Waals surface area contributed by atoms with Crippen LogP contribution in [0.2, 0.25) is 0 Å². The zero-order valence-electron chi connectivity index (χ0n) is 34.4. The lowest BCUT2D eigenvalue weighted by molar-refractivity contribution is -0.142. The van der Waals surface area contributed by atoms with E-state index in [1.165, 1.54) is 4.90 Å². The van der Waals surface area contributed by atoms with Crippen molar-refractivity contribution in [2.24, 2.45) is 17.8 Å². The van der Waals surface area contributed by atoms with E-state index < -0.39 is 73.8 Å². The highest BCUT2D eigenvalue weighted by Gasteiger charge is 2.63. The van der Waals surface area contributed by atoms with Crippen molar-refractivity contribution in [3.63, 3.8) is 0 Å². The second-order valence-corrected chi connectivity index (χ2v) is 20.4. The van der Waals surface area contributed by atoms with Crippen molar-refractivity contribution in [2.75, 3.05) is 37.7 Å². The molecule has 1 aromatic carbocycles. The van der Waals surface area contributed by atoms with Gasteiger partial charge >= 0.3 is 6.09 Å². The van der Waals surface area contributed by atoms with Crippen LogP contribution in [0.25, 0.3) is 10.8 Å². The molecule has 2 aliphatic carbocycles. The number of aromatic nitrogens is 1. The first-order chi connectivity index (χ1) is 27.4. The van der Waals surface area contributed by atoms with E-state index in [9.17, 15) is 27.6 Å². The number of sulfonamides is 1. The largest absolute Gasteiger partial charge is 0.472 e. The van der Waals surface area contributed by atoms with Crippen LogP contribution < -0.4 is 25.0 Å². The van der Waals surface area contributed by atoms with E-state index in [4.69, 9.17) is 19.2 Å². The third kappa shape index (κ3) is 8.77. The number of ether oxygens (including phenoxy) is 3. The highest BCUT2D eigenvalue weighted by atomic mass is 32.2. The zero-order valence-corrected chi connectivity index (χ0v) is 35.2. The molecule has 2 saturated carbocycles. The van der Waals surface area contributed by atoms with E-state index in [-0.39, 0.29) is 31.2 Å². The predicted octanol–water partition coefficient (Wildman–Crippen LogP) is 4.20. The first-order valence-corrected chi connectivity index (χ1v) is 22.1. The summed E-state index contributed by atoms with van der Waals surface area (Å²) in [7, 11) is -4.00. The summed E-state index contributed by atoms with van der Waals surface area (Å²) in [4.78, 5) is 65.2. The van der Waals surface area contributed by atoms with Gasteiger partial charge in [-0.1, -0.05) is 44.2 Å². The number of hydrogen-bond donors (Lipinski definition) is 3. The Hall–Kier alpha value is -4.44. The summed E-state index contributed by atoms with van der Waals surface area (Å²) in [5, 5.41) is 7.47. The number of benzene rings is 1. The van der Waals surface area contributed by atoms with E-state index in [1.807, 2.05) is 43.3 Å². The number of alkyl carbamates (subject to hydrolysis) is 1. The number of hydrogen-bond acceptors (Lipinski definition) is 11. The van der Waals surface area contributed by atoms with Gasteiger partial charge in [-0.3, -0.25) is 19.1 Å². The number of anilines is 1. The molecule has 0 unspecified atom stereocenters. The molecule has 7 atom stereocenters. The van der Waals surface area contributed by atoms with E-state index in [1.54, 1.807) is 33.9 Å². The van der Waals surface area contributed by atoms with Gasteiger partial charge in [0.1, 0.15) is 29.3 Å². The van der Waals surface area contributed by atoms with Gasteiger partial charge < -0.3 is 34.6 Å². The number of nitrogens with one attached hydrogen (secondary N) is 3. The molecule has 4 heterocycles. The van der Waals surface area contributed by atoms with Gasteiger partial charge in [0, 0.05) is 36.2 Å². The fraction of sp³-hybridized carbons (Fsp3) is 0.643. The van der Waals surface area contributed by atoms with E-state index >= 15 is 0 Å². The van der Waals surface area contributed by atoms with Crippen LogP contribution in [0.15, 0.2) is 42.6 Å². The quantitative estimate of drug-likeness (QED) is 0.340. The Morgan fingerprint density at radius 1 is 1.05 bits per heavy atom. The van der Waals surface area contributed by atoms with Crippen molar-refractivity contribution >= 4 is 50.3 Å². The molecule has 0 radical (unpaired) electrons. The fourth-order valence-corrected chi connectivity index (χ4v) is 9.80. The Labute approximate surface area is 341 Å². The van der Waals surface area contributed by atoms with E-state index in [0.29, 0.717) is 44.8 Å². The average molecular weight is 823 g/mol. The molecule has 2 saturated heterocycles. The van der Waals surface area contributed by atoms with Gasteiger partial charge in [0.2, 0.25) is 27.7 Å². The lowest BCUT2D eigenvalue weighted by atomic mass is 9.88. The van der Waals surface area contributed by atoms with Crippen LogP contribution in [0.1, 0.15) is 86.5 Å². The highest BCUT2D eigenvalue weighted by Crippen LogP contribution is 2.48. The Morgan fingerprint density at radius 2 is 1.76 bits per heavy atom. The smallest absolute Gasteiger partial charge is 0.408 e. The summed E-state index contributed by atoms with van der Waals surface area (Å²) in [5.74, 6) is -2.18. The molecule has 4 fully saturated rings. The maximum atomic E-state index is 14.9. The fourth-order valence-electron chi connectivity index (χ4n) is 8.49. The molecule has 58 heavy (non-hydrogen) atoms. The Balaban J connectivity index is 1.22. The van der Waals surface area contributed by atoms with Crippen LogP contribution in [-0.2, 0) is 33.9 Å². The van der Waals surface area contributed by atoms with Crippen LogP contribution in [0.5, 0.6) is 5.88 Å². The summed E-state index contributed by atoms with van der Waals surface area (Å²) in [6, 6.07) is 5.62. The van der Waals surface area contributed by atoms with Crippen LogP contribution in [-0.4, -0.2) is 109 Å². The Kier molecular flexibility index (Phi) is 11.5. The van der Waals surface area contributed by atoms with E-state index in [2.05, 4.69) is 27.2 Å². The van der Waals surface area contributed by atoms with Crippen molar-refractivity contribution in [2.45, 2.75) is 121 Å². The number of rotatable bonds is 7. The number of carbonyl (C=O) groups is 4. The normalized spacial score (nSPS) is 30.8. The molecule has 2 aromatic rings.